The van der Waals surface area contributed by atoms with Crippen molar-refractivity contribution < 1.29 is 12.9 Å². The topological polar surface area (TPSA) is 90.0 Å². The second-order valence-corrected chi connectivity index (χ2v) is 8.32. The van der Waals surface area contributed by atoms with Gasteiger partial charge in [-0.05, 0) is 50.1 Å². The molecule has 1 N–H and O–H groups in total. The van der Waals surface area contributed by atoms with Crippen LogP contribution in [-0.4, -0.2) is 29.9 Å². The van der Waals surface area contributed by atoms with Crippen molar-refractivity contribution >= 4 is 21.4 Å². The van der Waals surface area contributed by atoms with Gasteiger partial charge in [0.1, 0.15) is 10.6 Å². The molecule has 3 rings (SSSR count). The first kappa shape index (κ1) is 17.8. The summed E-state index contributed by atoms with van der Waals surface area (Å²) >= 11 is 1.64. The number of nitrogens with one attached hydrogen (secondary N) is 1. The van der Waals surface area contributed by atoms with Crippen LogP contribution < -0.4 is 4.72 Å². The molecule has 0 saturated heterocycles. The molecule has 0 fully saturated rings. The number of hydrogen-bond donors (Lipinski definition) is 1. The predicted octanol–water partition coefficient (Wildman–Crippen LogP) is 2.81. The van der Waals surface area contributed by atoms with Gasteiger partial charge in [0.25, 0.3) is 0 Å². The third kappa shape index (κ3) is 3.39. The van der Waals surface area contributed by atoms with Crippen molar-refractivity contribution in [2.45, 2.75) is 39.1 Å². The van der Waals surface area contributed by atoms with Gasteiger partial charge >= 0.3 is 0 Å². The van der Waals surface area contributed by atoms with Gasteiger partial charge in [-0.3, -0.25) is 4.68 Å². The van der Waals surface area contributed by atoms with Crippen LogP contribution in [-0.2, 0) is 16.6 Å². The molecule has 134 valence electrons. The lowest BCUT2D eigenvalue weighted by molar-refractivity contribution is 0.390. The number of thiophene rings is 1. The van der Waals surface area contributed by atoms with Crippen molar-refractivity contribution in [3.63, 3.8) is 0 Å². The van der Waals surface area contributed by atoms with Crippen LogP contribution >= 0.6 is 11.3 Å². The van der Waals surface area contributed by atoms with Crippen LogP contribution in [0.25, 0.3) is 11.1 Å². The number of nitrogens with zero attached hydrogens (tertiary/aromatic N) is 3. The Morgan fingerprint density at radius 3 is 2.60 bits per heavy atom. The van der Waals surface area contributed by atoms with Crippen LogP contribution in [0.5, 0.6) is 0 Å². The van der Waals surface area contributed by atoms with Gasteiger partial charge in [-0.15, -0.1) is 0 Å². The average Bonchev–Trinajstić information content (AvgIpc) is 3.21. The lowest BCUT2D eigenvalue weighted by Crippen LogP contribution is -2.28. The third-order valence-corrected chi connectivity index (χ3v) is 6.43. The van der Waals surface area contributed by atoms with Crippen molar-refractivity contribution in [2.24, 2.45) is 0 Å². The molecule has 0 bridgehead atoms. The number of rotatable bonds is 6. The van der Waals surface area contributed by atoms with Gasteiger partial charge in [0.05, 0.1) is 12.2 Å². The van der Waals surface area contributed by atoms with Crippen LogP contribution in [0.4, 0.5) is 0 Å². The van der Waals surface area contributed by atoms with E-state index >= 15 is 0 Å². The van der Waals surface area contributed by atoms with E-state index in [4.69, 9.17) is 4.52 Å². The van der Waals surface area contributed by atoms with Gasteiger partial charge in [0, 0.05) is 17.8 Å². The predicted molar refractivity (Wildman–Crippen MR) is 96.2 cm³/mol. The Bertz CT molecular complexity index is 966. The normalized spacial score (nSPS) is 12.0. The van der Waals surface area contributed by atoms with Crippen LogP contribution in [0, 0.1) is 27.7 Å². The summed E-state index contributed by atoms with van der Waals surface area (Å²) in [6.45, 7) is 7.83. The van der Waals surface area contributed by atoms with E-state index in [1.165, 1.54) is 0 Å². The Morgan fingerprint density at radius 2 is 2.00 bits per heavy atom. The van der Waals surface area contributed by atoms with E-state index in [0.717, 1.165) is 22.5 Å². The minimum Gasteiger partial charge on any atom is -0.360 e. The van der Waals surface area contributed by atoms with Crippen LogP contribution in [0.2, 0.25) is 0 Å². The summed E-state index contributed by atoms with van der Waals surface area (Å²) in [6.07, 6.45) is 0. The summed E-state index contributed by atoms with van der Waals surface area (Å²) in [5.41, 5.74) is 4.56. The lowest BCUT2D eigenvalue weighted by atomic mass is 10.1. The Kier molecular flexibility index (Phi) is 4.81. The SMILES string of the molecule is Cc1nn(CCNS(=O)(=O)c2c(C)noc2C)c(C)c1-c1ccsc1. The highest BCUT2D eigenvalue weighted by molar-refractivity contribution is 7.89. The van der Waals surface area contributed by atoms with Gasteiger partial charge < -0.3 is 4.52 Å². The van der Waals surface area contributed by atoms with Crippen LogP contribution in [0.1, 0.15) is 22.8 Å². The average molecular weight is 380 g/mol. The minimum absolute atomic E-state index is 0.111. The summed E-state index contributed by atoms with van der Waals surface area (Å²) < 4.78 is 34.2. The summed E-state index contributed by atoms with van der Waals surface area (Å²) in [6, 6.07) is 2.06. The zero-order valence-corrected chi connectivity index (χ0v) is 16.2. The maximum Gasteiger partial charge on any atom is 0.246 e. The zero-order chi connectivity index (χ0) is 18.2. The van der Waals surface area contributed by atoms with E-state index in [-0.39, 0.29) is 17.2 Å². The molecule has 3 heterocycles. The molecule has 0 aromatic carbocycles. The molecule has 0 atom stereocenters. The number of sulfonamides is 1. The molecule has 0 radical (unpaired) electrons. The van der Waals surface area contributed by atoms with E-state index in [1.807, 2.05) is 23.9 Å². The highest BCUT2D eigenvalue weighted by Gasteiger charge is 2.24. The molecule has 0 aliphatic carbocycles. The minimum atomic E-state index is -3.65. The van der Waals surface area contributed by atoms with Crippen LogP contribution in [0.15, 0.2) is 26.2 Å². The molecular weight excluding hydrogens is 360 g/mol. The quantitative estimate of drug-likeness (QED) is 0.710. The number of aryl methyl sites for hydroxylation is 3. The molecule has 0 spiro atoms. The summed E-state index contributed by atoms with van der Waals surface area (Å²) in [5, 5.41) is 12.4. The summed E-state index contributed by atoms with van der Waals surface area (Å²) in [7, 11) is -3.65. The van der Waals surface area contributed by atoms with Gasteiger partial charge in [-0.25, -0.2) is 13.1 Å². The summed E-state index contributed by atoms with van der Waals surface area (Å²) in [4.78, 5) is 0.111. The third-order valence-electron chi connectivity index (χ3n) is 4.04. The molecule has 25 heavy (non-hydrogen) atoms. The molecule has 0 unspecified atom stereocenters. The molecule has 9 heteroatoms. The van der Waals surface area contributed by atoms with E-state index in [2.05, 4.69) is 26.4 Å². The molecule has 0 aliphatic rings. The fourth-order valence-corrected chi connectivity index (χ4v) is 4.95. The molecule has 3 aromatic rings. The smallest absolute Gasteiger partial charge is 0.246 e. The van der Waals surface area contributed by atoms with E-state index in [0.29, 0.717) is 12.2 Å². The van der Waals surface area contributed by atoms with E-state index in [1.54, 1.807) is 25.2 Å². The largest absolute Gasteiger partial charge is 0.360 e. The van der Waals surface area contributed by atoms with Crippen molar-refractivity contribution in [1.29, 1.82) is 0 Å². The second kappa shape index (κ2) is 6.74. The highest BCUT2D eigenvalue weighted by Crippen LogP contribution is 2.28. The molecule has 7 nitrogen and oxygen atoms in total. The molecular formula is C16H20N4O3S2. The van der Waals surface area contributed by atoms with E-state index < -0.39 is 10.0 Å². The Hall–Kier alpha value is -1.97. The van der Waals surface area contributed by atoms with Crippen molar-refractivity contribution in [3.8, 4) is 11.1 Å². The van der Waals surface area contributed by atoms with Gasteiger partial charge in [-0.2, -0.15) is 16.4 Å². The fraction of sp³-hybridized carbons (Fsp3) is 0.375. The zero-order valence-electron chi connectivity index (χ0n) is 14.5. The van der Waals surface area contributed by atoms with Crippen molar-refractivity contribution in [3.05, 3.63) is 39.7 Å². The first-order chi connectivity index (χ1) is 11.8. The standard InChI is InChI=1S/C16H20N4O3S2/c1-10-15(14-5-8-24-9-14)12(3)20(18-10)7-6-17-25(21,22)16-11(2)19-23-13(16)4/h5,8-9,17H,6-7H2,1-4H3. The maximum atomic E-state index is 12.4. The molecule has 0 amide bonds. The van der Waals surface area contributed by atoms with Gasteiger partial charge in [0.15, 0.2) is 5.76 Å². The van der Waals surface area contributed by atoms with Gasteiger partial charge in [0.2, 0.25) is 10.0 Å². The summed E-state index contributed by atoms with van der Waals surface area (Å²) in [5.74, 6) is 0.288. The Morgan fingerprint density at radius 1 is 1.24 bits per heavy atom. The van der Waals surface area contributed by atoms with Crippen molar-refractivity contribution in [1.82, 2.24) is 19.7 Å². The number of aromatic nitrogens is 3. The Labute approximate surface area is 150 Å². The molecule has 3 aromatic heterocycles. The van der Waals surface area contributed by atoms with Crippen molar-refractivity contribution in [2.75, 3.05) is 6.54 Å². The molecule has 0 aliphatic heterocycles. The molecule has 0 saturated carbocycles. The lowest BCUT2D eigenvalue weighted by Gasteiger charge is -2.08. The highest BCUT2D eigenvalue weighted by atomic mass is 32.2. The first-order valence-corrected chi connectivity index (χ1v) is 10.2. The van der Waals surface area contributed by atoms with E-state index in [9.17, 15) is 8.42 Å². The second-order valence-electron chi connectivity index (χ2n) is 5.83. The first-order valence-electron chi connectivity index (χ1n) is 7.80. The van der Waals surface area contributed by atoms with Gasteiger partial charge in [-0.1, -0.05) is 5.16 Å². The van der Waals surface area contributed by atoms with Crippen LogP contribution in [0.3, 0.4) is 0 Å². The maximum absolute atomic E-state index is 12.4. The fourth-order valence-electron chi connectivity index (χ4n) is 2.96. The number of hydrogen-bond acceptors (Lipinski definition) is 6. The monoisotopic (exact) mass is 380 g/mol. The Balaban J connectivity index is 1.74.